The second kappa shape index (κ2) is 5.17. The minimum Gasteiger partial charge on any atom is -0.314 e. The number of aryl methyl sites for hydroxylation is 1. The Labute approximate surface area is 113 Å². The molecular weight excluding hydrogens is 272 g/mol. The van der Waals surface area contributed by atoms with E-state index in [4.69, 9.17) is 11.6 Å². The number of sulfonamides is 1. The van der Waals surface area contributed by atoms with Gasteiger partial charge < -0.3 is 5.32 Å². The fourth-order valence-corrected chi connectivity index (χ4v) is 4.27. The van der Waals surface area contributed by atoms with Crippen LogP contribution in [-0.2, 0) is 10.0 Å². The second-order valence-electron chi connectivity index (χ2n) is 4.58. The zero-order valence-electron chi connectivity index (χ0n) is 10.5. The third-order valence-corrected chi connectivity index (χ3v) is 5.57. The maximum Gasteiger partial charge on any atom is 0.243 e. The minimum absolute atomic E-state index is 0.0289. The summed E-state index contributed by atoms with van der Waals surface area (Å²) in [5.74, 6) is 0. The Balaban J connectivity index is 2.41. The number of piperazine rings is 1. The Morgan fingerprint density at radius 1 is 1.44 bits per heavy atom. The van der Waals surface area contributed by atoms with Gasteiger partial charge in [0.2, 0.25) is 10.0 Å². The van der Waals surface area contributed by atoms with Crippen LogP contribution in [0, 0.1) is 6.92 Å². The quantitative estimate of drug-likeness (QED) is 0.900. The molecule has 0 radical (unpaired) electrons. The molecule has 0 saturated carbocycles. The van der Waals surface area contributed by atoms with Crippen molar-refractivity contribution in [1.82, 2.24) is 9.62 Å². The number of benzene rings is 1. The summed E-state index contributed by atoms with van der Waals surface area (Å²) in [4.78, 5) is 0.348. The first-order chi connectivity index (χ1) is 8.43. The topological polar surface area (TPSA) is 49.4 Å². The van der Waals surface area contributed by atoms with Gasteiger partial charge in [-0.3, -0.25) is 0 Å². The molecule has 0 amide bonds. The normalized spacial score (nSPS) is 22.1. The van der Waals surface area contributed by atoms with Crippen LogP contribution >= 0.6 is 11.6 Å². The summed E-state index contributed by atoms with van der Waals surface area (Å²) < 4.78 is 26.7. The Kier molecular flexibility index (Phi) is 3.96. The second-order valence-corrected chi connectivity index (χ2v) is 6.87. The summed E-state index contributed by atoms with van der Waals surface area (Å²) in [6.07, 6.45) is 0. The van der Waals surface area contributed by atoms with Gasteiger partial charge in [0.15, 0.2) is 0 Å². The molecule has 1 aliphatic heterocycles. The smallest absolute Gasteiger partial charge is 0.243 e. The van der Waals surface area contributed by atoms with Crippen molar-refractivity contribution in [3.8, 4) is 0 Å². The number of hydrogen-bond acceptors (Lipinski definition) is 3. The van der Waals surface area contributed by atoms with E-state index in [1.165, 1.54) is 0 Å². The van der Waals surface area contributed by atoms with Gasteiger partial charge >= 0.3 is 0 Å². The number of rotatable bonds is 2. The van der Waals surface area contributed by atoms with Gasteiger partial charge in [-0.15, -0.1) is 0 Å². The molecule has 2 rings (SSSR count). The Bertz CT molecular complexity index is 545. The molecule has 1 atom stereocenters. The molecule has 0 aliphatic carbocycles. The third kappa shape index (κ3) is 2.54. The zero-order valence-corrected chi connectivity index (χ0v) is 12.1. The van der Waals surface area contributed by atoms with Gasteiger partial charge in [0.25, 0.3) is 0 Å². The van der Waals surface area contributed by atoms with Crippen molar-refractivity contribution in [2.24, 2.45) is 0 Å². The fourth-order valence-electron chi connectivity index (χ4n) is 2.21. The predicted octanol–water partition coefficient (Wildman–Crippen LogP) is 1.63. The molecule has 0 unspecified atom stereocenters. The van der Waals surface area contributed by atoms with Crippen LogP contribution < -0.4 is 5.32 Å². The molecule has 1 saturated heterocycles. The van der Waals surface area contributed by atoms with Crippen LogP contribution in [0.25, 0.3) is 0 Å². The molecular formula is C12H17ClN2O2S. The maximum atomic E-state index is 12.6. The fraction of sp³-hybridized carbons (Fsp3) is 0.500. The Hall–Kier alpha value is -0.620. The molecule has 0 bridgehead atoms. The SMILES string of the molecule is Cc1cc(Cl)ccc1S(=O)(=O)N1CCNC[C@H]1C. The highest BCUT2D eigenvalue weighted by molar-refractivity contribution is 7.89. The van der Waals surface area contributed by atoms with Crippen LogP contribution in [0.15, 0.2) is 23.1 Å². The van der Waals surface area contributed by atoms with Crippen molar-refractivity contribution in [1.29, 1.82) is 0 Å². The van der Waals surface area contributed by atoms with Crippen LogP contribution in [0.3, 0.4) is 0 Å². The standard InChI is InChI=1S/C12H17ClN2O2S/c1-9-7-11(13)3-4-12(9)18(16,17)15-6-5-14-8-10(15)2/h3-4,7,10,14H,5-6,8H2,1-2H3/t10-/m1/s1. The molecule has 1 fully saturated rings. The van der Waals surface area contributed by atoms with Gasteiger partial charge in [-0.2, -0.15) is 4.31 Å². The van der Waals surface area contributed by atoms with E-state index >= 15 is 0 Å². The van der Waals surface area contributed by atoms with Gasteiger partial charge in [-0.1, -0.05) is 11.6 Å². The molecule has 1 aromatic rings. The number of nitrogens with zero attached hydrogens (tertiary/aromatic N) is 1. The van der Waals surface area contributed by atoms with Gasteiger partial charge in [-0.05, 0) is 37.6 Å². The summed E-state index contributed by atoms with van der Waals surface area (Å²) in [7, 11) is -3.42. The third-order valence-electron chi connectivity index (χ3n) is 3.16. The van der Waals surface area contributed by atoms with Crippen LogP contribution in [-0.4, -0.2) is 38.4 Å². The van der Waals surface area contributed by atoms with Crippen molar-refractivity contribution in [2.75, 3.05) is 19.6 Å². The average Bonchev–Trinajstić information content (AvgIpc) is 2.28. The predicted molar refractivity (Wildman–Crippen MR) is 72.4 cm³/mol. The van der Waals surface area contributed by atoms with Crippen LogP contribution in [0.2, 0.25) is 5.02 Å². The van der Waals surface area contributed by atoms with Crippen molar-refractivity contribution in [2.45, 2.75) is 24.8 Å². The highest BCUT2D eigenvalue weighted by atomic mass is 35.5. The van der Waals surface area contributed by atoms with E-state index in [1.807, 2.05) is 6.92 Å². The van der Waals surface area contributed by atoms with Gasteiger partial charge in [0, 0.05) is 30.7 Å². The van der Waals surface area contributed by atoms with Crippen molar-refractivity contribution in [3.05, 3.63) is 28.8 Å². The lowest BCUT2D eigenvalue weighted by Crippen LogP contribution is -2.52. The van der Waals surface area contributed by atoms with Gasteiger partial charge in [0.1, 0.15) is 0 Å². The molecule has 4 nitrogen and oxygen atoms in total. The molecule has 0 aromatic heterocycles. The van der Waals surface area contributed by atoms with E-state index in [9.17, 15) is 8.42 Å². The van der Waals surface area contributed by atoms with Crippen molar-refractivity contribution >= 4 is 21.6 Å². The number of hydrogen-bond donors (Lipinski definition) is 1. The molecule has 1 N–H and O–H groups in total. The van der Waals surface area contributed by atoms with Crippen molar-refractivity contribution < 1.29 is 8.42 Å². The van der Waals surface area contributed by atoms with E-state index in [2.05, 4.69) is 5.32 Å². The Morgan fingerprint density at radius 2 is 2.17 bits per heavy atom. The lowest BCUT2D eigenvalue weighted by molar-refractivity contribution is 0.283. The molecule has 6 heteroatoms. The summed E-state index contributed by atoms with van der Waals surface area (Å²) in [5.41, 5.74) is 0.688. The molecule has 1 aromatic carbocycles. The first-order valence-corrected chi connectivity index (χ1v) is 7.73. The highest BCUT2D eigenvalue weighted by Crippen LogP contribution is 2.24. The summed E-state index contributed by atoms with van der Waals surface area (Å²) >= 11 is 5.86. The zero-order chi connectivity index (χ0) is 13.3. The van der Waals surface area contributed by atoms with E-state index in [0.29, 0.717) is 35.1 Å². The van der Waals surface area contributed by atoms with Crippen LogP contribution in [0.5, 0.6) is 0 Å². The lowest BCUT2D eigenvalue weighted by Gasteiger charge is -2.33. The first kappa shape index (κ1) is 13.8. The largest absolute Gasteiger partial charge is 0.314 e. The van der Waals surface area contributed by atoms with Crippen LogP contribution in [0.4, 0.5) is 0 Å². The minimum atomic E-state index is -3.42. The molecule has 1 aliphatic rings. The van der Waals surface area contributed by atoms with Crippen LogP contribution in [0.1, 0.15) is 12.5 Å². The molecule has 0 spiro atoms. The highest BCUT2D eigenvalue weighted by Gasteiger charge is 2.31. The average molecular weight is 289 g/mol. The van der Waals surface area contributed by atoms with Gasteiger partial charge in [-0.25, -0.2) is 8.42 Å². The lowest BCUT2D eigenvalue weighted by atomic mass is 10.2. The molecule has 18 heavy (non-hydrogen) atoms. The van der Waals surface area contributed by atoms with Gasteiger partial charge in [0.05, 0.1) is 4.90 Å². The Morgan fingerprint density at radius 3 is 2.78 bits per heavy atom. The summed E-state index contributed by atoms with van der Waals surface area (Å²) in [5, 5.41) is 3.74. The van der Waals surface area contributed by atoms with E-state index in [-0.39, 0.29) is 6.04 Å². The number of halogens is 1. The summed E-state index contributed by atoms with van der Waals surface area (Å²) in [6.45, 7) is 5.56. The van der Waals surface area contributed by atoms with E-state index < -0.39 is 10.0 Å². The monoisotopic (exact) mass is 288 g/mol. The van der Waals surface area contributed by atoms with E-state index in [1.54, 1.807) is 29.4 Å². The van der Waals surface area contributed by atoms with Crippen molar-refractivity contribution in [3.63, 3.8) is 0 Å². The molecule has 100 valence electrons. The maximum absolute atomic E-state index is 12.6. The first-order valence-electron chi connectivity index (χ1n) is 5.91. The van der Waals surface area contributed by atoms with E-state index in [0.717, 1.165) is 0 Å². The molecule has 1 heterocycles. The number of nitrogens with one attached hydrogen (secondary N) is 1. The summed E-state index contributed by atoms with van der Waals surface area (Å²) in [6, 6.07) is 4.86.